The molecule has 7 heteroatoms. The van der Waals surface area contributed by atoms with Gasteiger partial charge in [0.25, 0.3) is 5.69 Å². The highest BCUT2D eigenvalue weighted by Crippen LogP contribution is 2.45. The minimum atomic E-state index is -1.33. The quantitative estimate of drug-likeness (QED) is 0.270. The molecule has 118 valence electrons. The summed E-state index contributed by atoms with van der Waals surface area (Å²) in [5.74, 6) is 0.484. The normalized spacial score (nSPS) is 17.2. The lowest BCUT2D eigenvalue weighted by atomic mass is 10.3. The summed E-state index contributed by atoms with van der Waals surface area (Å²) < 4.78 is 10.1. The van der Waals surface area contributed by atoms with Crippen molar-refractivity contribution in [1.29, 1.82) is 0 Å². The number of rotatable bonds is 5. The number of carbonyl (C=O) groups excluding carboxylic acids is 1. The first-order chi connectivity index (χ1) is 10.2. The molecule has 0 spiro atoms. The van der Waals surface area contributed by atoms with E-state index in [1.165, 1.54) is 35.0 Å². The fraction of sp³-hybridized carbons (Fsp3) is 0.400. The first-order valence-corrected chi connectivity index (χ1v) is 10.5. The molecule has 22 heavy (non-hydrogen) atoms. The van der Waals surface area contributed by atoms with Crippen LogP contribution in [0.1, 0.15) is 6.92 Å². The number of carbonyl (C=O) groups is 1. The van der Waals surface area contributed by atoms with E-state index in [2.05, 4.69) is 26.6 Å². The third-order valence-electron chi connectivity index (χ3n) is 3.64. The molecule has 2 rings (SSSR count). The number of nitrogens with zero attached hydrogens (tertiary/aromatic N) is 1. The van der Waals surface area contributed by atoms with Crippen LogP contribution in [0, 0.1) is 16.0 Å². The van der Waals surface area contributed by atoms with Gasteiger partial charge in [0.1, 0.15) is 12.4 Å². The molecule has 0 saturated heterocycles. The molecule has 0 heterocycles. The van der Waals surface area contributed by atoms with Crippen molar-refractivity contribution in [2.24, 2.45) is 5.92 Å². The Kier molecular flexibility index (Phi) is 4.36. The molecule has 0 aromatic heterocycles. The predicted molar refractivity (Wildman–Crippen MR) is 84.6 cm³/mol. The van der Waals surface area contributed by atoms with E-state index in [1.807, 2.05) is 0 Å². The number of non-ortho nitro benzene ring substituents is 1. The third-order valence-corrected chi connectivity index (χ3v) is 6.00. The van der Waals surface area contributed by atoms with Crippen LogP contribution in [0.15, 0.2) is 35.0 Å². The third kappa shape index (κ3) is 3.73. The standard InChI is InChI=1S/C15H19NO5Si/c1-10-13(14(10)22(2,3)4)9-20-15(17)21-12-7-5-11(6-8-12)16(18)19/h5-8,13H,9H2,1-4H3. The maximum atomic E-state index is 11.6. The second kappa shape index (κ2) is 5.92. The molecule has 0 N–H and O–H groups in total. The molecular weight excluding hydrogens is 302 g/mol. The van der Waals surface area contributed by atoms with Gasteiger partial charge >= 0.3 is 6.16 Å². The molecule has 0 radical (unpaired) electrons. The highest BCUT2D eigenvalue weighted by molar-refractivity contribution is 6.84. The second-order valence-electron chi connectivity index (χ2n) is 6.31. The number of ether oxygens (including phenoxy) is 2. The molecule has 0 amide bonds. The summed E-state index contributed by atoms with van der Waals surface area (Å²) in [6.45, 7) is 9.17. The van der Waals surface area contributed by atoms with E-state index in [-0.39, 0.29) is 17.4 Å². The van der Waals surface area contributed by atoms with E-state index in [1.54, 1.807) is 0 Å². The highest BCUT2D eigenvalue weighted by Gasteiger charge is 2.41. The van der Waals surface area contributed by atoms with Gasteiger partial charge in [-0.25, -0.2) is 4.79 Å². The van der Waals surface area contributed by atoms with Gasteiger partial charge in [-0.2, -0.15) is 0 Å². The van der Waals surface area contributed by atoms with E-state index >= 15 is 0 Å². The van der Waals surface area contributed by atoms with Crippen LogP contribution < -0.4 is 4.74 Å². The lowest BCUT2D eigenvalue weighted by Gasteiger charge is -2.13. The van der Waals surface area contributed by atoms with Crippen molar-refractivity contribution in [2.75, 3.05) is 6.61 Å². The van der Waals surface area contributed by atoms with Gasteiger partial charge in [-0.15, -0.1) is 0 Å². The number of nitro groups is 1. The van der Waals surface area contributed by atoms with Crippen molar-refractivity contribution in [3.8, 4) is 5.75 Å². The van der Waals surface area contributed by atoms with E-state index in [0.717, 1.165) is 0 Å². The summed E-state index contributed by atoms with van der Waals surface area (Å²) in [4.78, 5) is 21.7. The molecule has 0 aliphatic heterocycles. The van der Waals surface area contributed by atoms with Crippen LogP contribution in [0.2, 0.25) is 19.6 Å². The Morgan fingerprint density at radius 1 is 1.27 bits per heavy atom. The fourth-order valence-electron chi connectivity index (χ4n) is 2.63. The molecule has 0 fully saturated rings. The predicted octanol–water partition coefficient (Wildman–Crippen LogP) is 3.93. The Morgan fingerprint density at radius 3 is 2.32 bits per heavy atom. The zero-order valence-electron chi connectivity index (χ0n) is 13.1. The first kappa shape index (κ1) is 16.2. The van der Waals surface area contributed by atoms with Crippen LogP contribution in [-0.2, 0) is 4.74 Å². The fourth-order valence-corrected chi connectivity index (χ4v) is 5.26. The van der Waals surface area contributed by atoms with Crippen molar-refractivity contribution < 1.29 is 19.2 Å². The van der Waals surface area contributed by atoms with Gasteiger partial charge < -0.3 is 9.47 Å². The Balaban J connectivity index is 1.81. The monoisotopic (exact) mass is 321 g/mol. The van der Waals surface area contributed by atoms with Gasteiger partial charge in [0.15, 0.2) is 0 Å². The number of nitro benzene ring substituents is 1. The van der Waals surface area contributed by atoms with Gasteiger partial charge in [0.05, 0.1) is 13.0 Å². The SMILES string of the molecule is CC1=C([Si](C)(C)C)C1COC(=O)Oc1ccc([N+](=O)[O-])cc1. The molecule has 0 saturated carbocycles. The summed E-state index contributed by atoms with van der Waals surface area (Å²) in [7, 11) is -1.33. The van der Waals surface area contributed by atoms with Gasteiger partial charge in [-0.1, -0.05) is 30.4 Å². The lowest BCUT2D eigenvalue weighted by Crippen LogP contribution is -2.22. The van der Waals surface area contributed by atoms with Gasteiger partial charge in [0, 0.05) is 18.1 Å². The van der Waals surface area contributed by atoms with E-state index in [9.17, 15) is 14.9 Å². The number of hydrogen-bond donors (Lipinski definition) is 0. The Labute approximate surface area is 129 Å². The first-order valence-electron chi connectivity index (χ1n) is 7.00. The molecular formula is C15H19NO5Si. The average Bonchev–Trinajstić information content (AvgIpc) is 3.07. The van der Waals surface area contributed by atoms with Crippen LogP contribution in [0.25, 0.3) is 0 Å². The van der Waals surface area contributed by atoms with E-state index in [4.69, 9.17) is 9.47 Å². The summed E-state index contributed by atoms with van der Waals surface area (Å²) in [6, 6.07) is 5.29. The van der Waals surface area contributed by atoms with Crippen molar-refractivity contribution in [1.82, 2.24) is 0 Å². The van der Waals surface area contributed by atoms with Crippen molar-refractivity contribution in [2.45, 2.75) is 26.6 Å². The van der Waals surface area contributed by atoms with E-state index < -0.39 is 19.2 Å². The molecule has 1 aromatic rings. The van der Waals surface area contributed by atoms with Crippen LogP contribution >= 0.6 is 0 Å². The molecule has 1 aliphatic carbocycles. The topological polar surface area (TPSA) is 78.7 Å². The van der Waals surface area contributed by atoms with Crippen LogP contribution in [0.5, 0.6) is 5.75 Å². The average molecular weight is 321 g/mol. The van der Waals surface area contributed by atoms with Gasteiger partial charge in [-0.3, -0.25) is 10.1 Å². The zero-order valence-corrected chi connectivity index (χ0v) is 14.1. The summed E-state index contributed by atoms with van der Waals surface area (Å²) >= 11 is 0. The molecule has 0 bridgehead atoms. The van der Waals surface area contributed by atoms with Crippen LogP contribution in [-0.4, -0.2) is 25.8 Å². The molecule has 1 aromatic carbocycles. The second-order valence-corrected chi connectivity index (χ2v) is 11.4. The summed E-state index contributed by atoms with van der Waals surface area (Å²) in [5, 5.41) is 12.0. The van der Waals surface area contributed by atoms with Crippen LogP contribution in [0.4, 0.5) is 10.5 Å². The molecule has 1 atom stereocenters. The minimum Gasteiger partial charge on any atom is -0.433 e. The maximum absolute atomic E-state index is 11.6. The van der Waals surface area contributed by atoms with Crippen molar-refractivity contribution in [3.63, 3.8) is 0 Å². The highest BCUT2D eigenvalue weighted by atomic mass is 28.3. The summed E-state index contributed by atoms with van der Waals surface area (Å²) in [5.41, 5.74) is 1.26. The summed E-state index contributed by atoms with van der Waals surface area (Å²) in [6.07, 6.45) is -0.788. The number of benzene rings is 1. The van der Waals surface area contributed by atoms with Crippen molar-refractivity contribution in [3.05, 3.63) is 45.1 Å². The maximum Gasteiger partial charge on any atom is 0.513 e. The Hall–Kier alpha value is -2.15. The lowest BCUT2D eigenvalue weighted by molar-refractivity contribution is -0.384. The minimum absolute atomic E-state index is 0.0571. The van der Waals surface area contributed by atoms with Gasteiger partial charge in [-0.05, 0) is 19.1 Å². The van der Waals surface area contributed by atoms with Crippen LogP contribution in [0.3, 0.4) is 0 Å². The molecule has 1 aliphatic rings. The number of hydrogen-bond acceptors (Lipinski definition) is 5. The Bertz CT molecular complexity index is 630. The van der Waals surface area contributed by atoms with Crippen molar-refractivity contribution >= 4 is 19.9 Å². The largest absolute Gasteiger partial charge is 0.513 e. The zero-order chi connectivity index (χ0) is 16.5. The smallest absolute Gasteiger partial charge is 0.433 e. The van der Waals surface area contributed by atoms with Gasteiger partial charge in [0.2, 0.25) is 0 Å². The Morgan fingerprint density at radius 2 is 1.86 bits per heavy atom. The molecule has 1 unspecified atom stereocenters. The molecule has 6 nitrogen and oxygen atoms in total. The van der Waals surface area contributed by atoms with E-state index in [0.29, 0.717) is 6.61 Å².